The summed E-state index contributed by atoms with van der Waals surface area (Å²) in [7, 11) is 1.64. The maximum atomic E-state index is 11.7. The first kappa shape index (κ1) is 13.0. The van der Waals surface area contributed by atoms with Crippen LogP contribution in [0.2, 0.25) is 0 Å². The van der Waals surface area contributed by atoms with Crippen molar-refractivity contribution in [3.8, 4) is 0 Å². The molecule has 0 bridgehead atoms. The third-order valence-corrected chi connectivity index (χ3v) is 2.82. The van der Waals surface area contributed by atoms with Crippen LogP contribution in [0.4, 0.5) is 0 Å². The van der Waals surface area contributed by atoms with E-state index in [1.54, 1.807) is 7.05 Å². The van der Waals surface area contributed by atoms with Crippen molar-refractivity contribution in [1.82, 2.24) is 15.1 Å². The molecule has 0 aromatic carbocycles. The van der Waals surface area contributed by atoms with Gasteiger partial charge in [0.25, 0.3) is 0 Å². The van der Waals surface area contributed by atoms with Gasteiger partial charge in [0, 0.05) is 39.1 Å². The van der Waals surface area contributed by atoms with Crippen LogP contribution >= 0.6 is 0 Å². The first-order valence-electron chi connectivity index (χ1n) is 5.76. The number of nitrogens with zero attached hydrogens (tertiary/aromatic N) is 2. The van der Waals surface area contributed by atoms with Gasteiger partial charge in [0.2, 0.25) is 11.8 Å². The van der Waals surface area contributed by atoms with Gasteiger partial charge in [0.05, 0.1) is 6.54 Å². The van der Waals surface area contributed by atoms with Crippen LogP contribution in [0.25, 0.3) is 0 Å². The van der Waals surface area contributed by atoms with Gasteiger partial charge in [0.1, 0.15) is 0 Å². The first-order chi connectivity index (χ1) is 7.54. The lowest BCUT2D eigenvalue weighted by atomic mass is 10.1. The number of piperazine rings is 1. The highest BCUT2D eigenvalue weighted by atomic mass is 16.2. The van der Waals surface area contributed by atoms with Gasteiger partial charge in [-0.1, -0.05) is 13.8 Å². The Morgan fingerprint density at radius 2 is 1.75 bits per heavy atom. The molecule has 0 radical (unpaired) electrons. The molecule has 1 aliphatic heterocycles. The fourth-order valence-corrected chi connectivity index (χ4v) is 1.77. The third-order valence-electron chi connectivity index (χ3n) is 2.82. The molecular formula is C11H21N3O2. The minimum absolute atomic E-state index is 0.0311. The Balaban J connectivity index is 2.34. The summed E-state index contributed by atoms with van der Waals surface area (Å²) in [4.78, 5) is 26.8. The number of hydrogen-bond donors (Lipinski definition) is 1. The number of rotatable bonds is 3. The lowest BCUT2D eigenvalue weighted by Gasteiger charge is -2.35. The lowest BCUT2D eigenvalue weighted by molar-refractivity contribution is -0.136. The monoisotopic (exact) mass is 227 g/mol. The smallest absolute Gasteiger partial charge is 0.233 e. The summed E-state index contributed by atoms with van der Waals surface area (Å²) in [6, 6.07) is 0. The van der Waals surface area contributed by atoms with Crippen LogP contribution in [0.1, 0.15) is 13.8 Å². The topological polar surface area (TPSA) is 52.7 Å². The molecule has 2 amide bonds. The molecule has 1 rings (SSSR count). The summed E-state index contributed by atoms with van der Waals surface area (Å²) in [6.45, 7) is 7.29. The maximum Gasteiger partial charge on any atom is 0.233 e. The average Bonchev–Trinajstić information content (AvgIpc) is 2.28. The third kappa shape index (κ3) is 3.48. The van der Waals surface area contributed by atoms with Gasteiger partial charge in [-0.2, -0.15) is 0 Å². The zero-order valence-corrected chi connectivity index (χ0v) is 10.3. The Morgan fingerprint density at radius 1 is 1.19 bits per heavy atom. The second kappa shape index (κ2) is 5.84. The van der Waals surface area contributed by atoms with Gasteiger partial charge in [-0.05, 0) is 0 Å². The molecule has 16 heavy (non-hydrogen) atoms. The van der Waals surface area contributed by atoms with Crippen molar-refractivity contribution in [3.63, 3.8) is 0 Å². The molecule has 1 aliphatic rings. The van der Waals surface area contributed by atoms with Gasteiger partial charge in [0.15, 0.2) is 0 Å². The van der Waals surface area contributed by atoms with Crippen LogP contribution < -0.4 is 5.32 Å². The largest absolute Gasteiger partial charge is 0.358 e. The molecule has 0 aromatic rings. The highest BCUT2D eigenvalue weighted by Gasteiger charge is 2.23. The van der Waals surface area contributed by atoms with E-state index in [-0.39, 0.29) is 17.7 Å². The second-order valence-electron chi connectivity index (χ2n) is 4.43. The first-order valence-corrected chi connectivity index (χ1v) is 5.76. The highest BCUT2D eigenvalue weighted by molar-refractivity contribution is 5.79. The second-order valence-corrected chi connectivity index (χ2v) is 4.43. The van der Waals surface area contributed by atoms with Crippen molar-refractivity contribution in [3.05, 3.63) is 0 Å². The maximum absolute atomic E-state index is 11.7. The minimum Gasteiger partial charge on any atom is -0.358 e. The van der Waals surface area contributed by atoms with Crippen LogP contribution in [0.5, 0.6) is 0 Å². The van der Waals surface area contributed by atoms with Crippen molar-refractivity contribution < 1.29 is 9.59 Å². The Labute approximate surface area is 96.8 Å². The molecule has 92 valence electrons. The van der Waals surface area contributed by atoms with Gasteiger partial charge >= 0.3 is 0 Å². The van der Waals surface area contributed by atoms with Gasteiger partial charge in [-0.15, -0.1) is 0 Å². The van der Waals surface area contributed by atoms with Gasteiger partial charge in [-0.25, -0.2) is 0 Å². The molecule has 0 atom stereocenters. The summed E-state index contributed by atoms with van der Waals surface area (Å²) in [5.41, 5.74) is 0. The van der Waals surface area contributed by atoms with E-state index in [4.69, 9.17) is 0 Å². The Bertz CT molecular complexity index is 258. The summed E-state index contributed by atoms with van der Waals surface area (Å²) in [5.74, 6) is 0.300. The van der Waals surface area contributed by atoms with E-state index in [1.165, 1.54) is 0 Å². The Hall–Kier alpha value is -1.10. The molecule has 0 spiro atoms. The van der Waals surface area contributed by atoms with E-state index in [0.717, 1.165) is 26.2 Å². The molecule has 1 fully saturated rings. The number of carbonyl (C=O) groups excluding carboxylic acids is 2. The van der Waals surface area contributed by atoms with Crippen LogP contribution in [-0.4, -0.2) is 61.4 Å². The Kier molecular flexibility index (Phi) is 4.73. The predicted molar refractivity (Wildman–Crippen MR) is 61.9 cm³/mol. The fourth-order valence-electron chi connectivity index (χ4n) is 1.77. The molecule has 0 unspecified atom stereocenters. The zero-order chi connectivity index (χ0) is 12.1. The molecule has 1 N–H and O–H groups in total. The normalized spacial score (nSPS) is 17.6. The number of likely N-dealkylation sites (N-methyl/N-ethyl adjacent to an activating group) is 1. The molecular weight excluding hydrogens is 206 g/mol. The van der Waals surface area contributed by atoms with E-state index in [9.17, 15) is 9.59 Å². The van der Waals surface area contributed by atoms with Crippen LogP contribution in [0.15, 0.2) is 0 Å². The van der Waals surface area contributed by atoms with Gasteiger partial charge in [-0.3, -0.25) is 14.5 Å². The van der Waals surface area contributed by atoms with E-state index < -0.39 is 0 Å². The van der Waals surface area contributed by atoms with Crippen molar-refractivity contribution >= 4 is 11.8 Å². The minimum atomic E-state index is 0.0311. The molecule has 1 heterocycles. The summed E-state index contributed by atoms with van der Waals surface area (Å²) >= 11 is 0. The quantitative estimate of drug-likeness (QED) is 0.709. The summed E-state index contributed by atoms with van der Waals surface area (Å²) in [6.07, 6.45) is 0. The number of hydrogen-bond acceptors (Lipinski definition) is 3. The highest BCUT2D eigenvalue weighted by Crippen LogP contribution is 2.06. The summed E-state index contributed by atoms with van der Waals surface area (Å²) in [5, 5.41) is 2.60. The predicted octanol–water partition coefficient (Wildman–Crippen LogP) is -0.467. The van der Waals surface area contributed by atoms with Crippen molar-refractivity contribution in [2.45, 2.75) is 13.8 Å². The van der Waals surface area contributed by atoms with E-state index in [0.29, 0.717) is 6.54 Å². The number of nitrogens with one attached hydrogen (secondary N) is 1. The summed E-state index contributed by atoms with van der Waals surface area (Å²) < 4.78 is 0. The fraction of sp³-hybridized carbons (Fsp3) is 0.818. The van der Waals surface area contributed by atoms with E-state index in [2.05, 4.69) is 10.2 Å². The Morgan fingerprint density at radius 3 is 2.19 bits per heavy atom. The number of carbonyl (C=O) groups is 2. The van der Waals surface area contributed by atoms with Crippen molar-refractivity contribution in [1.29, 1.82) is 0 Å². The van der Waals surface area contributed by atoms with E-state index >= 15 is 0 Å². The van der Waals surface area contributed by atoms with Crippen LogP contribution in [0.3, 0.4) is 0 Å². The number of amides is 2. The van der Waals surface area contributed by atoms with E-state index in [1.807, 2.05) is 18.7 Å². The SMILES string of the molecule is CNC(=O)CN1CCN(C(=O)C(C)C)CC1. The molecule has 0 aromatic heterocycles. The molecule has 0 saturated carbocycles. The van der Waals surface area contributed by atoms with Gasteiger partial charge < -0.3 is 10.2 Å². The van der Waals surface area contributed by atoms with Crippen LogP contribution in [-0.2, 0) is 9.59 Å². The molecule has 5 nitrogen and oxygen atoms in total. The van der Waals surface area contributed by atoms with Crippen molar-refractivity contribution in [2.75, 3.05) is 39.8 Å². The van der Waals surface area contributed by atoms with Crippen molar-refractivity contribution in [2.24, 2.45) is 5.92 Å². The average molecular weight is 227 g/mol. The van der Waals surface area contributed by atoms with Crippen LogP contribution in [0, 0.1) is 5.92 Å². The molecule has 0 aliphatic carbocycles. The zero-order valence-electron chi connectivity index (χ0n) is 10.3. The lowest BCUT2D eigenvalue weighted by Crippen LogP contribution is -2.51. The molecule has 1 saturated heterocycles. The standard InChI is InChI=1S/C11H21N3O2/c1-9(2)11(16)14-6-4-13(5-7-14)8-10(15)12-3/h9H,4-8H2,1-3H3,(H,12,15). The molecule has 5 heteroatoms.